The van der Waals surface area contributed by atoms with Crippen LogP contribution in [0.1, 0.15) is 42.4 Å². The number of rotatable bonds is 5. The lowest BCUT2D eigenvalue weighted by atomic mass is 9.70. The number of nitriles is 1. The first kappa shape index (κ1) is 19.5. The maximum absolute atomic E-state index is 9.32. The third kappa shape index (κ3) is 3.86. The molecule has 1 spiro atoms. The fraction of sp³-hybridized carbons (Fsp3) is 0.417. The van der Waals surface area contributed by atoms with Gasteiger partial charge in [0.25, 0.3) is 0 Å². The van der Waals surface area contributed by atoms with Crippen LogP contribution in [0.4, 0.5) is 0 Å². The maximum atomic E-state index is 9.32. The lowest BCUT2D eigenvalue weighted by molar-refractivity contribution is 0.0468. The zero-order chi connectivity index (χ0) is 20.3. The molecule has 0 heterocycles. The zero-order valence-corrected chi connectivity index (χ0v) is 17.0. The van der Waals surface area contributed by atoms with Gasteiger partial charge in [-0.2, -0.15) is 10.3 Å². The lowest BCUT2D eigenvalue weighted by Gasteiger charge is -2.36. The second-order valence-electron chi connectivity index (χ2n) is 7.91. The molecule has 0 saturated heterocycles. The predicted molar refractivity (Wildman–Crippen MR) is 111 cm³/mol. The number of hydrogen-bond donors (Lipinski definition) is 0. The highest BCUT2D eigenvalue weighted by atomic mass is 16.5. The molecule has 29 heavy (non-hydrogen) atoms. The first-order valence-corrected chi connectivity index (χ1v) is 10.1. The largest absolute Gasteiger partial charge is 0.497 e. The molecule has 2 aliphatic carbocycles. The molecule has 2 aromatic rings. The van der Waals surface area contributed by atoms with E-state index >= 15 is 0 Å². The van der Waals surface area contributed by atoms with Gasteiger partial charge in [0.05, 0.1) is 18.9 Å². The molecule has 2 aliphatic rings. The Morgan fingerprint density at radius 1 is 1.07 bits per heavy atom. The van der Waals surface area contributed by atoms with Crippen molar-refractivity contribution in [1.29, 1.82) is 5.26 Å². The minimum atomic E-state index is -0.0400. The summed E-state index contributed by atoms with van der Waals surface area (Å²) in [7, 11) is 3.44. The summed E-state index contributed by atoms with van der Waals surface area (Å²) in [5.41, 5.74) is 4.29. The number of nitrogens with zero attached hydrogens (tertiary/aromatic N) is 2. The van der Waals surface area contributed by atoms with E-state index in [0.717, 1.165) is 60.4 Å². The van der Waals surface area contributed by atoms with Gasteiger partial charge in [-0.15, -0.1) is 0 Å². The van der Waals surface area contributed by atoms with Crippen LogP contribution >= 0.6 is 0 Å². The van der Waals surface area contributed by atoms with Gasteiger partial charge in [-0.3, -0.25) is 0 Å². The summed E-state index contributed by atoms with van der Waals surface area (Å²) in [6.45, 7) is 0.480. The molecule has 2 aromatic carbocycles. The number of methoxy groups -OCH3 is 2. The Bertz CT molecular complexity index is 936. The lowest BCUT2D eigenvalue weighted by Crippen LogP contribution is -2.35. The van der Waals surface area contributed by atoms with Crippen LogP contribution in [-0.2, 0) is 17.8 Å². The Labute approximate surface area is 171 Å². The minimum absolute atomic E-state index is 0.0400. The molecule has 0 unspecified atom stereocenters. The molecule has 0 radical (unpaired) electrons. The van der Waals surface area contributed by atoms with Crippen molar-refractivity contribution in [3.05, 3.63) is 59.2 Å². The highest BCUT2D eigenvalue weighted by Gasteiger charge is 2.45. The second kappa shape index (κ2) is 8.26. The highest BCUT2D eigenvalue weighted by Crippen LogP contribution is 2.48. The van der Waals surface area contributed by atoms with Crippen LogP contribution in [0.5, 0.6) is 11.5 Å². The van der Waals surface area contributed by atoms with E-state index in [9.17, 15) is 5.26 Å². The van der Waals surface area contributed by atoms with Gasteiger partial charge in [0, 0.05) is 18.1 Å². The first-order valence-electron chi connectivity index (χ1n) is 10.1. The summed E-state index contributed by atoms with van der Waals surface area (Å²) in [6, 6.07) is 14.1. The van der Waals surface area contributed by atoms with Crippen LogP contribution < -0.4 is 9.47 Å². The molecule has 5 heteroatoms. The molecule has 150 valence electrons. The summed E-state index contributed by atoms with van der Waals surface area (Å²) < 4.78 is 16.8. The van der Waals surface area contributed by atoms with Gasteiger partial charge in [-0.25, -0.2) is 0 Å². The highest BCUT2D eigenvalue weighted by molar-refractivity contribution is 6.09. The molecule has 1 saturated carbocycles. The van der Waals surface area contributed by atoms with Gasteiger partial charge in [0.2, 0.25) is 6.19 Å². The Morgan fingerprint density at radius 3 is 2.45 bits per heavy atom. The van der Waals surface area contributed by atoms with E-state index in [2.05, 4.69) is 11.1 Å². The van der Waals surface area contributed by atoms with Crippen LogP contribution in [0.3, 0.4) is 0 Å². The quantitative estimate of drug-likeness (QED) is 0.696. The molecule has 0 bridgehead atoms. The topological polar surface area (TPSA) is 63.8 Å². The van der Waals surface area contributed by atoms with E-state index < -0.39 is 0 Å². The van der Waals surface area contributed by atoms with Gasteiger partial charge in [-0.05, 0) is 67.5 Å². The molecule has 0 aromatic heterocycles. The maximum Gasteiger partial charge on any atom is 0.205 e. The third-order valence-corrected chi connectivity index (χ3v) is 6.32. The van der Waals surface area contributed by atoms with Gasteiger partial charge < -0.3 is 14.2 Å². The molecule has 0 amide bonds. The molecule has 0 aliphatic heterocycles. The minimum Gasteiger partial charge on any atom is -0.497 e. The predicted octanol–water partition coefficient (Wildman–Crippen LogP) is 4.68. The number of aliphatic imine (C=N–C) groups is 1. The molecule has 4 rings (SSSR count). The van der Waals surface area contributed by atoms with Gasteiger partial charge in [0.1, 0.15) is 18.1 Å². The van der Waals surface area contributed by atoms with Crippen LogP contribution in [0, 0.1) is 16.9 Å². The Hall–Kier alpha value is -2.84. The fourth-order valence-electron chi connectivity index (χ4n) is 4.66. The summed E-state index contributed by atoms with van der Waals surface area (Å²) in [5.74, 6) is 1.63. The van der Waals surface area contributed by atoms with Crippen molar-refractivity contribution in [2.75, 3.05) is 14.2 Å². The molecule has 1 fully saturated rings. The SMILES string of the molecule is COc1ccc(COc2ccc3c(c2)/C(=N\C#N)[C@]2(CC[C@H](OC)CC2)C3)cc1. The van der Waals surface area contributed by atoms with Crippen molar-refractivity contribution in [2.24, 2.45) is 10.4 Å². The van der Waals surface area contributed by atoms with E-state index in [1.807, 2.05) is 42.6 Å². The van der Waals surface area contributed by atoms with Crippen molar-refractivity contribution in [3.63, 3.8) is 0 Å². The standard InChI is InChI=1S/C24H26N2O3/c1-27-19-6-3-17(4-7-19)15-29-21-8-5-18-14-24(11-9-20(28-2)10-12-24)23(26-16-25)22(18)13-21/h3-8,13,20H,9-12,14-15H2,1-2H3/b26-23+/t20-,24-. The third-order valence-electron chi connectivity index (χ3n) is 6.32. The Morgan fingerprint density at radius 2 is 1.79 bits per heavy atom. The molecule has 5 nitrogen and oxygen atoms in total. The van der Waals surface area contributed by atoms with Crippen LogP contribution in [0.15, 0.2) is 47.5 Å². The van der Waals surface area contributed by atoms with E-state index in [1.165, 1.54) is 5.56 Å². The Kier molecular flexibility index (Phi) is 5.55. The summed E-state index contributed by atoms with van der Waals surface area (Å²) in [5, 5.41) is 9.32. The van der Waals surface area contributed by atoms with Crippen molar-refractivity contribution < 1.29 is 14.2 Å². The number of ether oxygens (including phenoxy) is 3. The first-order chi connectivity index (χ1) is 14.2. The van der Waals surface area contributed by atoms with Gasteiger partial charge in [-0.1, -0.05) is 18.2 Å². The Balaban J connectivity index is 1.53. The van der Waals surface area contributed by atoms with Crippen molar-refractivity contribution >= 4 is 5.71 Å². The summed E-state index contributed by atoms with van der Waals surface area (Å²) >= 11 is 0. The van der Waals surface area contributed by atoms with Crippen molar-refractivity contribution in [2.45, 2.75) is 44.8 Å². The molecule has 0 N–H and O–H groups in total. The molecule has 0 atom stereocenters. The van der Waals surface area contributed by atoms with Gasteiger partial charge in [0.15, 0.2) is 0 Å². The molecular formula is C24H26N2O3. The van der Waals surface area contributed by atoms with Gasteiger partial charge >= 0.3 is 0 Å². The zero-order valence-electron chi connectivity index (χ0n) is 17.0. The van der Waals surface area contributed by atoms with Crippen LogP contribution in [0.2, 0.25) is 0 Å². The smallest absolute Gasteiger partial charge is 0.205 e. The number of hydrogen-bond acceptors (Lipinski definition) is 5. The van der Waals surface area contributed by atoms with Crippen molar-refractivity contribution in [1.82, 2.24) is 0 Å². The average molecular weight is 390 g/mol. The van der Waals surface area contributed by atoms with Crippen molar-refractivity contribution in [3.8, 4) is 17.7 Å². The van der Waals surface area contributed by atoms with E-state index in [4.69, 9.17) is 14.2 Å². The molecular weight excluding hydrogens is 364 g/mol. The van der Waals surface area contributed by atoms with Crippen LogP contribution in [-0.4, -0.2) is 26.0 Å². The number of benzene rings is 2. The van der Waals surface area contributed by atoms with E-state index in [1.54, 1.807) is 14.2 Å². The van der Waals surface area contributed by atoms with E-state index in [0.29, 0.717) is 12.7 Å². The summed E-state index contributed by atoms with van der Waals surface area (Å²) in [6.07, 6.45) is 7.32. The second-order valence-corrected chi connectivity index (χ2v) is 7.91. The monoisotopic (exact) mass is 390 g/mol. The van der Waals surface area contributed by atoms with E-state index in [-0.39, 0.29) is 5.41 Å². The summed E-state index contributed by atoms with van der Waals surface area (Å²) in [4.78, 5) is 4.28. The average Bonchev–Trinajstić information content (AvgIpc) is 3.06. The van der Waals surface area contributed by atoms with Crippen LogP contribution in [0.25, 0.3) is 0 Å². The number of fused-ring (bicyclic) bond motifs is 1. The normalized spacial score (nSPS) is 24.3. The fourth-order valence-corrected chi connectivity index (χ4v) is 4.66.